The molecule has 0 spiro atoms. The normalized spacial score (nSPS) is 32.5. The molecule has 0 aliphatic heterocycles. The summed E-state index contributed by atoms with van der Waals surface area (Å²) in [5.74, 6) is 1.99. The topological polar surface area (TPSA) is 17.1 Å². The molecule has 2 aliphatic carbocycles. The highest BCUT2D eigenvalue weighted by Gasteiger charge is 2.37. The Bertz CT molecular complexity index is 435. The van der Waals surface area contributed by atoms with Crippen LogP contribution in [-0.2, 0) is 11.2 Å². The number of fused-ring (bicyclic) bond motifs is 2. The Balaban J connectivity index is 2.04. The third kappa shape index (κ3) is 1.82. The molecule has 0 amide bonds. The largest absolute Gasteiger partial charge is 0.299 e. The van der Waals surface area contributed by atoms with Gasteiger partial charge in [0.15, 0.2) is 0 Å². The van der Waals surface area contributed by atoms with Crippen LogP contribution in [0.25, 0.3) is 0 Å². The first-order chi connectivity index (χ1) is 8.27. The molecule has 0 radical (unpaired) electrons. The molecule has 1 fully saturated rings. The van der Waals surface area contributed by atoms with Crippen molar-refractivity contribution in [2.24, 2.45) is 11.8 Å². The summed E-state index contributed by atoms with van der Waals surface area (Å²) < 4.78 is 0. The van der Waals surface area contributed by atoms with Gasteiger partial charge in [-0.15, -0.1) is 0 Å². The standard InChI is InChI=1S/C16H20O/c1-11-13-7-3-2-6-12(13)10-16(17)15-9-5-4-8-14(11)15/h2-3,6-7,11,14-15H,4-5,8-10H2,1H3. The van der Waals surface area contributed by atoms with Gasteiger partial charge in [-0.1, -0.05) is 44.0 Å². The van der Waals surface area contributed by atoms with E-state index in [1.54, 1.807) is 0 Å². The summed E-state index contributed by atoms with van der Waals surface area (Å²) in [6, 6.07) is 8.54. The molecule has 1 saturated carbocycles. The van der Waals surface area contributed by atoms with Gasteiger partial charge >= 0.3 is 0 Å². The third-order valence-corrected chi connectivity index (χ3v) is 4.79. The number of carbonyl (C=O) groups excluding carboxylic acids is 1. The maximum atomic E-state index is 12.4. The maximum absolute atomic E-state index is 12.4. The van der Waals surface area contributed by atoms with Crippen molar-refractivity contribution in [2.45, 2.75) is 44.9 Å². The number of carbonyl (C=O) groups is 1. The zero-order chi connectivity index (χ0) is 11.8. The number of ketones is 1. The van der Waals surface area contributed by atoms with Crippen molar-refractivity contribution in [2.75, 3.05) is 0 Å². The van der Waals surface area contributed by atoms with E-state index in [4.69, 9.17) is 0 Å². The predicted molar refractivity (Wildman–Crippen MR) is 69.0 cm³/mol. The van der Waals surface area contributed by atoms with Crippen molar-refractivity contribution in [3.63, 3.8) is 0 Å². The molecule has 0 aromatic heterocycles. The summed E-state index contributed by atoms with van der Waals surface area (Å²) in [6.07, 6.45) is 5.59. The molecule has 3 unspecified atom stereocenters. The van der Waals surface area contributed by atoms with E-state index < -0.39 is 0 Å². The molecule has 0 bridgehead atoms. The number of hydrogen-bond donors (Lipinski definition) is 0. The maximum Gasteiger partial charge on any atom is 0.140 e. The lowest BCUT2D eigenvalue weighted by molar-refractivity contribution is -0.124. The Hall–Kier alpha value is -1.11. The van der Waals surface area contributed by atoms with Gasteiger partial charge in [0.05, 0.1) is 0 Å². The highest BCUT2D eigenvalue weighted by atomic mass is 16.1. The van der Waals surface area contributed by atoms with Crippen molar-refractivity contribution in [3.05, 3.63) is 35.4 Å². The summed E-state index contributed by atoms with van der Waals surface area (Å²) in [7, 11) is 0. The Morgan fingerprint density at radius 3 is 2.76 bits per heavy atom. The average molecular weight is 228 g/mol. The lowest BCUT2D eigenvalue weighted by Crippen LogP contribution is -2.29. The van der Waals surface area contributed by atoms with E-state index in [0.29, 0.717) is 30.0 Å². The average Bonchev–Trinajstić information content (AvgIpc) is 2.48. The molecule has 1 aromatic rings. The molecule has 0 heterocycles. The Morgan fingerprint density at radius 1 is 1.12 bits per heavy atom. The molecule has 3 atom stereocenters. The fourth-order valence-corrected chi connectivity index (χ4v) is 3.85. The predicted octanol–water partition coefficient (Wildman–Crippen LogP) is 3.72. The molecule has 3 rings (SSSR count). The first-order valence-corrected chi connectivity index (χ1v) is 6.88. The van der Waals surface area contributed by atoms with Crippen molar-refractivity contribution in [3.8, 4) is 0 Å². The first kappa shape index (κ1) is 11.0. The van der Waals surface area contributed by atoms with Crippen LogP contribution < -0.4 is 0 Å². The summed E-state index contributed by atoms with van der Waals surface area (Å²) in [6.45, 7) is 2.32. The fraction of sp³-hybridized carbons (Fsp3) is 0.562. The molecule has 17 heavy (non-hydrogen) atoms. The number of Topliss-reactive ketones (excluding diaryl/α,β-unsaturated/α-hetero) is 1. The van der Waals surface area contributed by atoms with Gasteiger partial charge in [-0.3, -0.25) is 4.79 Å². The van der Waals surface area contributed by atoms with Crippen molar-refractivity contribution in [1.29, 1.82) is 0 Å². The van der Waals surface area contributed by atoms with Crippen molar-refractivity contribution < 1.29 is 4.79 Å². The van der Waals surface area contributed by atoms with Crippen LogP contribution in [0, 0.1) is 11.8 Å². The molecule has 0 saturated heterocycles. The Kier molecular flexibility index (Phi) is 2.78. The van der Waals surface area contributed by atoms with Crippen LogP contribution in [0.4, 0.5) is 0 Å². The minimum Gasteiger partial charge on any atom is -0.299 e. The molecule has 2 aliphatic rings. The van der Waals surface area contributed by atoms with Crippen LogP contribution in [-0.4, -0.2) is 5.78 Å². The van der Waals surface area contributed by atoms with E-state index in [1.807, 2.05) is 0 Å². The second kappa shape index (κ2) is 4.29. The van der Waals surface area contributed by atoms with Gasteiger partial charge in [0.25, 0.3) is 0 Å². The van der Waals surface area contributed by atoms with Gasteiger partial charge in [-0.25, -0.2) is 0 Å². The Morgan fingerprint density at radius 2 is 1.88 bits per heavy atom. The van der Waals surface area contributed by atoms with Crippen LogP contribution in [0.15, 0.2) is 24.3 Å². The van der Waals surface area contributed by atoms with E-state index in [9.17, 15) is 4.79 Å². The van der Waals surface area contributed by atoms with Crippen LogP contribution in [0.5, 0.6) is 0 Å². The summed E-state index contributed by atoms with van der Waals surface area (Å²) in [4.78, 5) is 12.4. The first-order valence-electron chi connectivity index (χ1n) is 6.88. The second-order valence-electron chi connectivity index (χ2n) is 5.69. The smallest absolute Gasteiger partial charge is 0.140 e. The van der Waals surface area contributed by atoms with Crippen molar-refractivity contribution >= 4 is 5.78 Å². The van der Waals surface area contributed by atoms with E-state index >= 15 is 0 Å². The molecular formula is C16H20O. The zero-order valence-corrected chi connectivity index (χ0v) is 10.5. The second-order valence-corrected chi connectivity index (χ2v) is 5.69. The summed E-state index contributed by atoms with van der Waals surface area (Å²) >= 11 is 0. The van der Waals surface area contributed by atoms with Crippen LogP contribution in [0.3, 0.4) is 0 Å². The minimum atomic E-state index is 0.339. The lowest BCUT2D eigenvalue weighted by Gasteiger charge is -2.33. The monoisotopic (exact) mass is 228 g/mol. The van der Waals surface area contributed by atoms with Crippen LogP contribution in [0.1, 0.15) is 49.7 Å². The fourth-order valence-electron chi connectivity index (χ4n) is 3.85. The highest BCUT2D eigenvalue weighted by molar-refractivity contribution is 5.85. The van der Waals surface area contributed by atoms with Gasteiger partial charge in [0.1, 0.15) is 5.78 Å². The highest BCUT2D eigenvalue weighted by Crippen LogP contribution is 2.43. The summed E-state index contributed by atoms with van der Waals surface area (Å²) in [5, 5.41) is 0. The van der Waals surface area contributed by atoms with Gasteiger partial charge in [0, 0.05) is 12.3 Å². The Labute approximate surface area is 103 Å². The van der Waals surface area contributed by atoms with E-state index in [-0.39, 0.29) is 0 Å². The summed E-state index contributed by atoms with van der Waals surface area (Å²) in [5.41, 5.74) is 2.70. The molecule has 0 N–H and O–H groups in total. The quantitative estimate of drug-likeness (QED) is 0.661. The van der Waals surface area contributed by atoms with Gasteiger partial charge in [-0.2, -0.15) is 0 Å². The minimum absolute atomic E-state index is 0.339. The van der Waals surface area contributed by atoms with E-state index in [1.165, 1.54) is 30.4 Å². The lowest BCUT2D eigenvalue weighted by atomic mass is 9.71. The molecule has 1 aromatic carbocycles. The van der Waals surface area contributed by atoms with Crippen molar-refractivity contribution in [1.82, 2.24) is 0 Å². The van der Waals surface area contributed by atoms with Crippen LogP contribution >= 0.6 is 0 Å². The van der Waals surface area contributed by atoms with Gasteiger partial charge in [-0.05, 0) is 35.8 Å². The zero-order valence-electron chi connectivity index (χ0n) is 10.5. The third-order valence-electron chi connectivity index (χ3n) is 4.79. The molecule has 1 nitrogen and oxygen atoms in total. The molecule has 1 heteroatoms. The number of benzene rings is 1. The number of hydrogen-bond acceptors (Lipinski definition) is 1. The van der Waals surface area contributed by atoms with Gasteiger partial charge in [0.2, 0.25) is 0 Å². The van der Waals surface area contributed by atoms with E-state index in [2.05, 4.69) is 31.2 Å². The van der Waals surface area contributed by atoms with Gasteiger partial charge < -0.3 is 0 Å². The number of rotatable bonds is 0. The SMILES string of the molecule is CC1c2ccccc2CC(=O)C2CCCCC21. The van der Waals surface area contributed by atoms with E-state index in [0.717, 1.165) is 6.42 Å². The molecule has 90 valence electrons. The molecular weight excluding hydrogens is 208 g/mol. The van der Waals surface area contributed by atoms with Crippen LogP contribution in [0.2, 0.25) is 0 Å².